The van der Waals surface area contributed by atoms with Crippen LogP contribution in [0.1, 0.15) is 28.9 Å². The summed E-state index contributed by atoms with van der Waals surface area (Å²) in [5, 5.41) is 1.92. The molecular formula is C23H27N5O2S. The molecule has 2 aliphatic rings. The fraction of sp³-hybridized carbons (Fsp3) is 0.435. The predicted octanol–water partition coefficient (Wildman–Crippen LogP) is 3.22. The van der Waals surface area contributed by atoms with E-state index in [9.17, 15) is 9.59 Å². The maximum absolute atomic E-state index is 13.3. The van der Waals surface area contributed by atoms with Gasteiger partial charge in [0.2, 0.25) is 11.9 Å². The summed E-state index contributed by atoms with van der Waals surface area (Å²) in [6.07, 6.45) is 2.65. The minimum absolute atomic E-state index is 0.0550. The number of imidazole rings is 1. The van der Waals surface area contributed by atoms with Crippen LogP contribution in [0, 0.1) is 5.92 Å². The van der Waals surface area contributed by atoms with Crippen molar-refractivity contribution < 1.29 is 9.59 Å². The minimum Gasteiger partial charge on any atom is -0.341 e. The number of fused-ring (bicyclic) bond motifs is 1. The summed E-state index contributed by atoms with van der Waals surface area (Å²) in [4.78, 5) is 41.0. The van der Waals surface area contributed by atoms with Crippen LogP contribution in [-0.2, 0) is 4.79 Å². The van der Waals surface area contributed by atoms with Crippen molar-refractivity contribution in [3.63, 3.8) is 0 Å². The van der Waals surface area contributed by atoms with Crippen molar-refractivity contribution in [1.29, 1.82) is 0 Å². The number of carbonyl (C=O) groups is 2. The molecule has 5 rings (SSSR count). The molecule has 0 spiro atoms. The van der Waals surface area contributed by atoms with Gasteiger partial charge in [0.15, 0.2) is 0 Å². The van der Waals surface area contributed by atoms with E-state index < -0.39 is 0 Å². The number of nitrogens with one attached hydrogen (secondary N) is 1. The van der Waals surface area contributed by atoms with E-state index in [4.69, 9.17) is 4.98 Å². The number of H-pyrrole nitrogens is 1. The Hall–Kier alpha value is -2.87. The highest BCUT2D eigenvalue weighted by atomic mass is 32.1. The number of piperidine rings is 1. The Bertz CT molecular complexity index is 1030. The standard InChI is InChI=1S/C23H27N5O2S/c29-21(17-6-3-10-28(16-17)22(30)20-9-4-15-31-20)26-11-5-12-27(14-13-26)23-24-18-7-1-2-8-19(18)25-23/h1-2,4,7-9,15,17H,3,5-6,10-14,16H2,(H,24,25)/t17-/m1/s1. The quantitative estimate of drug-likeness (QED) is 0.683. The number of carbonyl (C=O) groups excluding carboxylic acids is 2. The molecule has 0 aliphatic carbocycles. The van der Waals surface area contributed by atoms with E-state index in [1.54, 1.807) is 0 Å². The fourth-order valence-corrected chi connectivity index (χ4v) is 5.31. The zero-order valence-corrected chi connectivity index (χ0v) is 18.3. The van der Waals surface area contributed by atoms with Gasteiger partial charge in [-0.05, 0) is 42.8 Å². The summed E-state index contributed by atoms with van der Waals surface area (Å²) < 4.78 is 0. The fourth-order valence-electron chi connectivity index (χ4n) is 4.62. The molecule has 0 radical (unpaired) electrons. The lowest BCUT2D eigenvalue weighted by atomic mass is 9.96. The summed E-state index contributed by atoms with van der Waals surface area (Å²) in [6, 6.07) is 11.8. The molecule has 7 nitrogen and oxygen atoms in total. The van der Waals surface area contributed by atoms with E-state index in [1.807, 2.05) is 51.6 Å². The van der Waals surface area contributed by atoms with Crippen molar-refractivity contribution in [1.82, 2.24) is 19.8 Å². The molecule has 162 valence electrons. The molecule has 1 atom stereocenters. The van der Waals surface area contributed by atoms with Crippen LogP contribution in [0.25, 0.3) is 11.0 Å². The molecule has 31 heavy (non-hydrogen) atoms. The van der Waals surface area contributed by atoms with Crippen molar-refractivity contribution in [2.75, 3.05) is 44.2 Å². The lowest BCUT2D eigenvalue weighted by molar-refractivity contribution is -0.136. The minimum atomic E-state index is -0.101. The third-order valence-corrected chi connectivity index (χ3v) is 7.13. The third kappa shape index (κ3) is 4.17. The number of amides is 2. The zero-order chi connectivity index (χ0) is 21.2. The number of thiophene rings is 1. The van der Waals surface area contributed by atoms with Gasteiger partial charge in [0.1, 0.15) is 0 Å². The smallest absolute Gasteiger partial charge is 0.263 e. The van der Waals surface area contributed by atoms with Crippen LogP contribution in [0.3, 0.4) is 0 Å². The van der Waals surface area contributed by atoms with Gasteiger partial charge in [0.25, 0.3) is 5.91 Å². The first-order valence-corrected chi connectivity index (χ1v) is 11.9. The molecule has 1 N–H and O–H groups in total. The number of aromatic amines is 1. The average Bonchev–Trinajstić information content (AvgIpc) is 3.43. The molecule has 2 aliphatic heterocycles. The molecule has 1 aromatic carbocycles. The molecule has 8 heteroatoms. The maximum atomic E-state index is 13.3. The number of aromatic nitrogens is 2. The molecule has 3 aromatic rings. The second-order valence-electron chi connectivity index (χ2n) is 8.31. The Kier molecular flexibility index (Phi) is 5.63. The van der Waals surface area contributed by atoms with Gasteiger partial charge in [-0.1, -0.05) is 18.2 Å². The van der Waals surface area contributed by atoms with Gasteiger partial charge in [0.05, 0.1) is 21.8 Å². The van der Waals surface area contributed by atoms with Gasteiger partial charge in [-0.25, -0.2) is 4.98 Å². The van der Waals surface area contributed by atoms with Crippen LogP contribution in [0.15, 0.2) is 41.8 Å². The number of rotatable bonds is 3. The first-order chi connectivity index (χ1) is 15.2. The van der Waals surface area contributed by atoms with Crippen LogP contribution in [-0.4, -0.2) is 70.9 Å². The molecule has 0 unspecified atom stereocenters. The Labute approximate surface area is 185 Å². The molecule has 2 fully saturated rings. The van der Waals surface area contributed by atoms with Crippen molar-refractivity contribution in [2.45, 2.75) is 19.3 Å². The number of nitrogens with zero attached hydrogens (tertiary/aromatic N) is 4. The van der Waals surface area contributed by atoms with E-state index >= 15 is 0 Å². The van der Waals surface area contributed by atoms with Crippen LogP contribution < -0.4 is 4.90 Å². The normalized spacial score (nSPS) is 20.1. The van der Waals surface area contributed by atoms with Gasteiger partial charge in [-0.15, -0.1) is 11.3 Å². The highest BCUT2D eigenvalue weighted by Crippen LogP contribution is 2.24. The topological polar surface area (TPSA) is 72.5 Å². The van der Waals surface area contributed by atoms with Crippen molar-refractivity contribution >= 4 is 40.1 Å². The van der Waals surface area contributed by atoms with Crippen molar-refractivity contribution in [3.05, 3.63) is 46.7 Å². The van der Waals surface area contributed by atoms with Gasteiger partial charge in [0, 0.05) is 39.3 Å². The van der Waals surface area contributed by atoms with E-state index in [-0.39, 0.29) is 17.7 Å². The summed E-state index contributed by atoms with van der Waals surface area (Å²) in [5.74, 6) is 1.02. The summed E-state index contributed by atoms with van der Waals surface area (Å²) in [5.41, 5.74) is 2.00. The van der Waals surface area contributed by atoms with Gasteiger partial charge < -0.3 is 19.7 Å². The van der Waals surface area contributed by atoms with Gasteiger partial charge in [-0.3, -0.25) is 9.59 Å². The molecule has 2 saturated heterocycles. The average molecular weight is 438 g/mol. The summed E-state index contributed by atoms with van der Waals surface area (Å²) in [6.45, 7) is 4.34. The predicted molar refractivity (Wildman–Crippen MR) is 122 cm³/mol. The number of benzene rings is 1. The maximum Gasteiger partial charge on any atom is 0.263 e. The number of anilines is 1. The first-order valence-electron chi connectivity index (χ1n) is 11.0. The summed E-state index contributed by atoms with van der Waals surface area (Å²) in [7, 11) is 0. The Morgan fingerprint density at radius 1 is 0.968 bits per heavy atom. The van der Waals surface area contributed by atoms with Crippen LogP contribution in [0.5, 0.6) is 0 Å². The number of likely N-dealkylation sites (tertiary alicyclic amines) is 1. The number of hydrogen-bond acceptors (Lipinski definition) is 5. The Balaban J connectivity index is 1.22. The first kappa shape index (κ1) is 20.1. The second kappa shape index (κ2) is 8.70. The van der Waals surface area contributed by atoms with E-state index in [2.05, 4.69) is 9.88 Å². The second-order valence-corrected chi connectivity index (χ2v) is 9.26. The van der Waals surface area contributed by atoms with E-state index in [0.29, 0.717) is 13.1 Å². The lowest BCUT2D eigenvalue weighted by Gasteiger charge is -2.34. The number of hydrogen-bond donors (Lipinski definition) is 1. The van der Waals surface area contributed by atoms with E-state index in [0.717, 1.165) is 67.3 Å². The van der Waals surface area contributed by atoms with E-state index in [1.165, 1.54) is 11.3 Å². The van der Waals surface area contributed by atoms with Crippen LogP contribution in [0.4, 0.5) is 5.95 Å². The highest BCUT2D eigenvalue weighted by molar-refractivity contribution is 7.12. The monoisotopic (exact) mass is 437 g/mol. The molecule has 0 saturated carbocycles. The Morgan fingerprint density at radius 2 is 1.84 bits per heavy atom. The SMILES string of the molecule is O=C(c1cccs1)N1CCC[C@@H](C(=O)N2CCCN(c3nc4ccccc4[nH]3)CC2)C1. The third-order valence-electron chi connectivity index (χ3n) is 6.27. The molecule has 4 heterocycles. The van der Waals surface area contributed by atoms with Crippen LogP contribution >= 0.6 is 11.3 Å². The highest BCUT2D eigenvalue weighted by Gasteiger charge is 2.32. The van der Waals surface area contributed by atoms with Gasteiger partial charge >= 0.3 is 0 Å². The molecule has 2 amide bonds. The van der Waals surface area contributed by atoms with Crippen molar-refractivity contribution in [3.8, 4) is 0 Å². The lowest BCUT2D eigenvalue weighted by Crippen LogP contribution is -2.47. The zero-order valence-electron chi connectivity index (χ0n) is 17.5. The van der Waals surface area contributed by atoms with Crippen molar-refractivity contribution in [2.24, 2.45) is 5.92 Å². The number of para-hydroxylation sites is 2. The molecule has 2 aromatic heterocycles. The van der Waals surface area contributed by atoms with Crippen LogP contribution in [0.2, 0.25) is 0 Å². The molecule has 0 bridgehead atoms. The Morgan fingerprint density at radius 3 is 2.68 bits per heavy atom. The largest absolute Gasteiger partial charge is 0.341 e. The summed E-state index contributed by atoms with van der Waals surface area (Å²) >= 11 is 1.46. The van der Waals surface area contributed by atoms with Gasteiger partial charge in [-0.2, -0.15) is 0 Å². The molecular weight excluding hydrogens is 410 g/mol.